The minimum atomic E-state index is 0.0245. The van der Waals surface area contributed by atoms with E-state index in [1.54, 1.807) is 13.2 Å². The van der Waals surface area contributed by atoms with E-state index >= 15 is 0 Å². The van der Waals surface area contributed by atoms with Gasteiger partial charge in [0.25, 0.3) is 0 Å². The van der Waals surface area contributed by atoms with Crippen molar-refractivity contribution in [1.82, 2.24) is 0 Å². The van der Waals surface area contributed by atoms with Crippen molar-refractivity contribution in [2.75, 3.05) is 7.11 Å². The van der Waals surface area contributed by atoms with Crippen molar-refractivity contribution >= 4 is 44.3 Å². The Morgan fingerprint density at radius 1 is 1.21 bits per heavy atom. The third-order valence-electron chi connectivity index (χ3n) is 2.83. The summed E-state index contributed by atoms with van der Waals surface area (Å²) in [5, 5.41) is 0. The summed E-state index contributed by atoms with van der Waals surface area (Å²) in [6.07, 6.45) is 0. The Kier molecular flexibility index (Phi) is 4.62. The number of aryl methyl sites for hydroxylation is 1. The van der Waals surface area contributed by atoms with E-state index in [9.17, 15) is 4.79 Å². The number of ketones is 1. The molecule has 0 heterocycles. The van der Waals surface area contributed by atoms with Gasteiger partial charge in [0.15, 0.2) is 5.78 Å². The summed E-state index contributed by atoms with van der Waals surface area (Å²) in [6, 6.07) is 11.2. The van der Waals surface area contributed by atoms with Crippen molar-refractivity contribution in [2.45, 2.75) is 6.92 Å². The molecule has 0 radical (unpaired) electrons. The molecule has 0 aliphatic carbocycles. The van der Waals surface area contributed by atoms with E-state index in [4.69, 9.17) is 4.74 Å². The average Bonchev–Trinajstić information content (AvgIpc) is 2.40. The predicted octanol–water partition coefficient (Wildman–Crippen LogP) is 4.60. The maximum atomic E-state index is 12.5. The molecule has 98 valence electrons. The van der Waals surface area contributed by atoms with Crippen LogP contribution in [0, 0.1) is 10.5 Å². The van der Waals surface area contributed by atoms with Crippen LogP contribution in [0.5, 0.6) is 5.75 Å². The summed E-state index contributed by atoms with van der Waals surface area (Å²) >= 11 is 5.57. The molecule has 4 heteroatoms. The molecule has 0 aliphatic rings. The van der Waals surface area contributed by atoms with Gasteiger partial charge in [-0.1, -0.05) is 15.9 Å². The van der Waals surface area contributed by atoms with Crippen molar-refractivity contribution in [3.05, 3.63) is 61.1 Å². The second-order valence-corrected chi connectivity index (χ2v) is 6.22. The summed E-state index contributed by atoms with van der Waals surface area (Å²) < 4.78 is 7.06. The Morgan fingerprint density at radius 3 is 2.58 bits per heavy atom. The van der Waals surface area contributed by atoms with E-state index in [2.05, 4.69) is 38.5 Å². The van der Waals surface area contributed by atoms with Crippen molar-refractivity contribution < 1.29 is 9.53 Å². The molecule has 2 rings (SSSR count). The van der Waals surface area contributed by atoms with Gasteiger partial charge >= 0.3 is 0 Å². The zero-order valence-corrected chi connectivity index (χ0v) is 14.3. The summed E-state index contributed by atoms with van der Waals surface area (Å²) in [5.74, 6) is 0.817. The quantitative estimate of drug-likeness (QED) is 0.525. The third-order valence-corrected chi connectivity index (χ3v) is 4.26. The van der Waals surface area contributed by atoms with Crippen LogP contribution in [0.25, 0.3) is 0 Å². The van der Waals surface area contributed by atoms with Gasteiger partial charge in [-0.15, -0.1) is 0 Å². The molecule has 0 N–H and O–H groups in total. The molecule has 2 aromatic carbocycles. The minimum Gasteiger partial charge on any atom is -0.496 e. The van der Waals surface area contributed by atoms with E-state index in [0.717, 1.165) is 19.4 Å². The highest BCUT2D eigenvalue weighted by Gasteiger charge is 2.14. The number of carbonyl (C=O) groups excluding carboxylic acids is 1. The van der Waals surface area contributed by atoms with Crippen molar-refractivity contribution in [2.24, 2.45) is 0 Å². The highest BCUT2D eigenvalue weighted by molar-refractivity contribution is 14.1. The summed E-state index contributed by atoms with van der Waals surface area (Å²) in [7, 11) is 1.63. The molecule has 0 bridgehead atoms. The van der Waals surface area contributed by atoms with Gasteiger partial charge in [0.05, 0.1) is 7.11 Å². The fourth-order valence-electron chi connectivity index (χ4n) is 1.85. The number of benzene rings is 2. The number of hydrogen-bond acceptors (Lipinski definition) is 2. The predicted molar refractivity (Wildman–Crippen MR) is 88.0 cm³/mol. The molecule has 0 amide bonds. The Morgan fingerprint density at radius 2 is 1.95 bits per heavy atom. The summed E-state index contributed by atoms with van der Waals surface area (Å²) in [4.78, 5) is 12.5. The van der Waals surface area contributed by atoms with Crippen molar-refractivity contribution in [3.8, 4) is 5.75 Å². The first kappa shape index (κ1) is 14.5. The van der Waals surface area contributed by atoms with Crippen LogP contribution in [0.1, 0.15) is 21.5 Å². The van der Waals surface area contributed by atoms with Crippen LogP contribution < -0.4 is 4.74 Å². The highest BCUT2D eigenvalue weighted by Crippen LogP contribution is 2.24. The lowest BCUT2D eigenvalue weighted by molar-refractivity contribution is 0.103. The first-order valence-corrected chi connectivity index (χ1v) is 7.54. The highest BCUT2D eigenvalue weighted by atomic mass is 127. The molecule has 0 atom stereocenters. The molecule has 0 unspecified atom stereocenters. The molecule has 0 aromatic heterocycles. The van der Waals surface area contributed by atoms with E-state index in [0.29, 0.717) is 11.1 Å². The number of rotatable bonds is 3. The van der Waals surface area contributed by atoms with Crippen LogP contribution in [0.2, 0.25) is 0 Å². The van der Waals surface area contributed by atoms with Crippen LogP contribution in [0.3, 0.4) is 0 Å². The van der Waals surface area contributed by atoms with Gasteiger partial charge in [-0.2, -0.15) is 0 Å². The molecule has 0 saturated heterocycles. The van der Waals surface area contributed by atoms with Crippen LogP contribution in [0.15, 0.2) is 40.9 Å². The van der Waals surface area contributed by atoms with E-state index < -0.39 is 0 Å². The smallest absolute Gasteiger partial charge is 0.194 e. The van der Waals surface area contributed by atoms with E-state index in [1.165, 1.54) is 0 Å². The fraction of sp³-hybridized carbons (Fsp3) is 0.133. The van der Waals surface area contributed by atoms with Gasteiger partial charge in [0.1, 0.15) is 5.75 Å². The largest absolute Gasteiger partial charge is 0.496 e. The Bertz CT molecular complexity index is 638. The van der Waals surface area contributed by atoms with Crippen molar-refractivity contribution in [3.63, 3.8) is 0 Å². The molecule has 2 nitrogen and oxygen atoms in total. The van der Waals surface area contributed by atoms with Gasteiger partial charge in [-0.3, -0.25) is 4.79 Å². The van der Waals surface area contributed by atoms with Crippen LogP contribution in [-0.4, -0.2) is 12.9 Å². The van der Waals surface area contributed by atoms with Gasteiger partial charge in [0, 0.05) is 19.2 Å². The van der Waals surface area contributed by atoms with Gasteiger partial charge < -0.3 is 4.74 Å². The lowest BCUT2D eigenvalue weighted by Gasteiger charge is -2.08. The number of hydrogen-bond donors (Lipinski definition) is 0. The zero-order valence-electron chi connectivity index (χ0n) is 10.5. The topological polar surface area (TPSA) is 26.3 Å². The number of methoxy groups -OCH3 is 1. The molecular weight excluding hydrogens is 419 g/mol. The lowest BCUT2D eigenvalue weighted by atomic mass is 10.0. The number of halogens is 2. The first-order chi connectivity index (χ1) is 9.02. The second kappa shape index (κ2) is 6.05. The normalized spacial score (nSPS) is 10.3. The molecular formula is C15H12BrIO2. The Hall–Kier alpha value is -0.880. The molecule has 2 aromatic rings. The van der Waals surface area contributed by atoms with Crippen LogP contribution >= 0.6 is 38.5 Å². The standard InChI is InChI=1S/C15H12BrIO2/c1-9-7-10(3-6-14(9)19-2)15(18)12-8-11(16)4-5-13(12)17/h3-8H,1-2H3. The maximum absolute atomic E-state index is 12.5. The lowest BCUT2D eigenvalue weighted by Crippen LogP contribution is -2.04. The van der Waals surface area contributed by atoms with E-state index in [-0.39, 0.29) is 5.78 Å². The molecule has 0 saturated carbocycles. The number of ether oxygens (including phenoxy) is 1. The number of carbonyl (C=O) groups is 1. The molecule has 0 spiro atoms. The van der Waals surface area contributed by atoms with Gasteiger partial charge in [0.2, 0.25) is 0 Å². The SMILES string of the molecule is COc1ccc(C(=O)c2cc(Br)ccc2I)cc1C. The molecule has 0 aliphatic heterocycles. The molecule has 0 fully saturated rings. The summed E-state index contributed by atoms with van der Waals surface area (Å²) in [5.41, 5.74) is 2.34. The van der Waals surface area contributed by atoms with Crippen LogP contribution in [-0.2, 0) is 0 Å². The zero-order chi connectivity index (χ0) is 14.0. The monoisotopic (exact) mass is 430 g/mol. The third kappa shape index (κ3) is 3.17. The van der Waals surface area contributed by atoms with Crippen LogP contribution in [0.4, 0.5) is 0 Å². The summed E-state index contributed by atoms with van der Waals surface area (Å²) in [6.45, 7) is 1.93. The Balaban J connectivity index is 2.44. The Labute approximate surface area is 134 Å². The van der Waals surface area contributed by atoms with Crippen molar-refractivity contribution in [1.29, 1.82) is 0 Å². The first-order valence-electron chi connectivity index (χ1n) is 5.67. The van der Waals surface area contributed by atoms with E-state index in [1.807, 2.05) is 37.3 Å². The average molecular weight is 431 g/mol. The maximum Gasteiger partial charge on any atom is 0.194 e. The fourth-order valence-corrected chi connectivity index (χ4v) is 2.79. The molecule has 19 heavy (non-hydrogen) atoms. The minimum absolute atomic E-state index is 0.0245. The van der Waals surface area contributed by atoms with Gasteiger partial charge in [-0.05, 0) is 71.5 Å². The second-order valence-electron chi connectivity index (χ2n) is 4.14. The van der Waals surface area contributed by atoms with Gasteiger partial charge in [-0.25, -0.2) is 0 Å².